The van der Waals surface area contributed by atoms with Crippen LogP contribution in [0.15, 0.2) is 30.3 Å². The van der Waals surface area contributed by atoms with Crippen molar-refractivity contribution in [1.82, 2.24) is 4.90 Å². The van der Waals surface area contributed by atoms with Gasteiger partial charge in [-0.25, -0.2) is 0 Å². The molecule has 2 aromatic rings. The number of ether oxygens (including phenoxy) is 5. The molecule has 2 aliphatic heterocycles. The van der Waals surface area contributed by atoms with Crippen molar-refractivity contribution in [3.63, 3.8) is 0 Å². The third-order valence-electron chi connectivity index (χ3n) is 5.53. The molecule has 0 aliphatic carbocycles. The van der Waals surface area contributed by atoms with Crippen LogP contribution in [0.4, 0.5) is 5.69 Å². The van der Waals surface area contributed by atoms with E-state index in [2.05, 4.69) is 21.9 Å². The second-order valence-electron chi connectivity index (χ2n) is 7.15. The number of piperazine rings is 1. The minimum absolute atomic E-state index is 0.313. The normalized spacial score (nSPS) is 16.0. The highest BCUT2D eigenvalue weighted by Crippen LogP contribution is 2.38. The first-order valence-corrected chi connectivity index (χ1v) is 9.87. The maximum atomic E-state index is 5.50. The van der Waals surface area contributed by atoms with Gasteiger partial charge in [-0.15, -0.1) is 0 Å². The Hall–Kier alpha value is -2.80. The Labute approximate surface area is 171 Å². The fourth-order valence-electron chi connectivity index (χ4n) is 3.88. The van der Waals surface area contributed by atoms with Gasteiger partial charge in [0.1, 0.15) is 0 Å². The van der Waals surface area contributed by atoms with E-state index in [0.29, 0.717) is 24.0 Å². The fourth-order valence-corrected chi connectivity index (χ4v) is 3.88. The minimum Gasteiger partial charge on any atom is -0.493 e. The first-order valence-electron chi connectivity index (χ1n) is 9.87. The SMILES string of the molecule is COc1cc(CCN2CCN(c3ccc4c(c3)OCO4)CC2)cc(OC)c1OC. The smallest absolute Gasteiger partial charge is 0.231 e. The Morgan fingerprint density at radius 3 is 2.17 bits per heavy atom. The highest BCUT2D eigenvalue weighted by Gasteiger charge is 2.21. The highest BCUT2D eigenvalue weighted by molar-refractivity contribution is 5.57. The molecule has 4 rings (SSSR count). The zero-order valence-corrected chi connectivity index (χ0v) is 17.3. The highest BCUT2D eigenvalue weighted by atomic mass is 16.7. The average molecular weight is 400 g/mol. The fraction of sp³-hybridized carbons (Fsp3) is 0.455. The van der Waals surface area contributed by atoms with Gasteiger partial charge >= 0.3 is 0 Å². The molecule has 0 atom stereocenters. The lowest BCUT2D eigenvalue weighted by molar-refractivity contribution is 0.174. The first-order chi connectivity index (χ1) is 14.2. The topological polar surface area (TPSA) is 52.6 Å². The molecule has 2 heterocycles. The third-order valence-corrected chi connectivity index (χ3v) is 5.53. The first kappa shape index (κ1) is 19.5. The quantitative estimate of drug-likeness (QED) is 0.708. The lowest BCUT2D eigenvalue weighted by Crippen LogP contribution is -2.47. The zero-order valence-electron chi connectivity index (χ0n) is 17.3. The largest absolute Gasteiger partial charge is 0.493 e. The number of anilines is 1. The summed E-state index contributed by atoms with van der Waals surface area (Å²) in [5.41, 5.74) is 2.37. The van der Waals surface area contributed by atoms with Crippen LogP contribution in [0.3, 0.4) is 0 Å². The molecule has 0 unspecified atom stereocenters. The van der Waals surface area contributed by atoms with Gasteiger partial charge in [0.2, 0.25) is 12.5 Å². The lowest BCUT2D eigenvalue weighted by atomic mass is 10.1. The molecule has 0 radical (unpaired) electrons. The second kappa shape index (κ2) is 8.69. The second-order valence-corrected chi connectivity index (χ2v) is 7.15. The lowest BCUT2D eigenvalue weighted by Gasteiger charge is -2.36. The number of nitrogens with zero attached hydrogens (tertiary/aromatic N) is 2. The van der Waals surface area contributed by atoms with E-state index < -0.39 is 0 Å². The standard InChI is InChI=1S/C22H28N2O5/c1-25-20-12-16(13-21(26-2)22(20)27-3)6-7-23-8-10-24(11-9-23)17-4-5-18-19(14-17)29-15-28-18/h4-5,12-14H,6-11,15H2,1-3H3. The minimum atomic E-state index is 0.313. The van der Waals surface area contributed by atoms with Crippen LogP contribution in [0.1, 0.15) is 5.56 Å². The van der Waals surface area contributed by atoms with Gasteiger partial charge in [-0.05, 0) is 36.2 Å². The monoisotopic (exact) mass is 400 g/mol. The van der Waals surface area contributed by atoms with E-state index in [1.165, 1.54) is 11.3 Å². The molecular formula is C22H28N2O5. The van der Waals surface area contributed by atoms with Crippen LogP contribution in [-0.4, -0.2) is 65.7 Å². The van der Waals surface area contributed by atoms with Gasteiger partial charge in [-0.2, -0.15) is 0 Å². The van der Waals surface area contributed by atoms with Crippen LogP contribution in [0.25, 0.3) is 0 Å². The van der Waals surface area contributed by atoms with E-state index in [-0.39, 0.29) is 0 Å². The predicted molar refractivity (Wildman–Crippen MR) is 111 cm³/mol. The number of rotatable bonds is 7. The van der Waals surface area contributed by atoms with E-state index in [0.717, 1.165) is 50.6 Å². The van der Waals surface area contributed by atoms with Crippen molar-refractivity contribution in [2.75, 3.05) is 65.7 Å². The molecule has 7 heteroatoms. The molecule has 0 bridgehead atoms. The molecular weight excluding hydrogens is 372 g/mol. The molecule has 7 nitrogen and oxygen atoms in total. The zero-order chi connectivity index (χ0) is 20.2. The molecule has 1 fully saturated rings. The number of hydrogen-bond acceptors (Lipinski definition) is 7. The molecule has 2 aliphatic rings. The average Bonchev–Trinajstić information content (AvgIpc) is 3.25. The van der Waals surface area contributed by atoms with Crippen molar-refractivity contribution < 1.29 is 23.7 Å². The Kier molecular flexibility index (Phi) is 5.85. The van der Waals surface area contributed by atoms with Gasteiger partial charge in [-0.3, -0.25) is 4.90 Å². The summed E-state index contributed by atoms with van der Waals surface area (Å²) in [4.78, 5) is 4.89. The van der Waals surface area contributed by atoms with Crippen LogP contribution >= 0.6 is 0 Å². The molecule has 0 amide bonds. The third kappa shape index (κ3) is 4.15. The summed E-state index contributed by atoms with van der Waals surface area (Å²) in [5, 5.41) is 0. The van der Waals surface area contributed by atoms with Crippen LogP contribution in [-0.2, 0) is 6.42 Å². The van der Waals surface area contributed by atoms with Gasteiger partial charge in [0.15, 0.2) is 23.0 Å². The summed E-state index contributed by atoms with van der Waals surface area (Å²) >= 11 is 0. The van der Waals surface area contributed by atoms with Crippen molar-refractivity contribution in [3.8, 4) is 28.7 Å². The molecule has 0 spiro atoms. The summed E-state index contributed by atoms with van der Waals surface area (Å²) < 4.78 is 27.2. The summed E-state index contributed by atoms with van der Waals surface area (Å²) in [6.07, 6.45) is 0.931. The van der Waals surface area contributed by atoms with Crippen LogP contribution in [0.5, 0.6) is 28.7 Å². The van der Waals surface area contributed by atoms with Crippen LogP contribution in [0, 0.1) is 0 Å². The number of fused-ring (bicyclic) bond motifs is 1. The van der Waals surface area contributed by atoms with Crippen molar-refractivity contribution in [2.45, 2.75) is 6.42 Å². The summed E-state index contributed by atoms with van der Waals surface area (Å²) in [6.45, 7) is 5.35. The van der Waals surface area contributed by atoms with Crippen LogP contribution < -0.4 is 28.6 Å². The van der Waals surface area contributed by atoms with E-state index in [9.17, 15) is 0 Å². The molecule has 0 saturated carbocycles. The Morgan fingerprint density at radius 2 is 1.52 bits per heavy atom. The summed E-state index contributed by atoms with van der Waals surface area (Å²) in [7, 11) is 4.92. The van der Waals surface area contributed by atoms with Gasteiger partial charge in [0, 0.05) is 44.5 Å². The van der Waals surface area contributed by atoms with E-state index in [1.54, 1.807) is 21.3 Å². The summed E-state index contributed by atoms with van der Waals surface area (Å²) in [6, 6.07) is 10.2. The predicted octanol–water partition coefficient (Wildman–Crippen LogP) is 2.81. The van der Waals surface area contributed by atoms with E-state index in [1.807, 2.05) is 18.2 Å². The number of hydrogen-bond donors (Lipinski definition) is 0. The van der Waals surface area contributed by atoms with Crippen molar-refractivity contribution in [1.29, 1.82) is 0 Å². The van der Waals surface area contributed by atoms with Crippen molar-refractivity contribution in [3.05, 3.63) is 35.9 Å². The molecule has 156 valence electrons. The van der Waals surface area contributed by atoms with Crippen molar-refractivity contribution >= 4 is 5.69 Å². The molecule has 2 aromatic carbocycles. The van der Waals surface area contributed by atoms with Gasteiger partial charge < -0.3 is 28.6 Å². The van der Waals surface area contributed by atoms with Gasteiger partial charge in [-0.1, -0.05) is 0 Å². The van der Waals surface area contributed by atoms with Gasteiger partial charge in [0.05, 0.1) is 21.3 Å². The Morgan fingerprint density at radius 1 is 0.828 bits per heavy atom. The van der Waals surface area contributed by atoms with E-state index >= 15 is 0 Å². The Balaban J connectivity index is 1.33. The van der Waals surface area contributed by atoms with Crippen LogP contribution in [0.2, 0.25) is 0 Å². The summed E-state index contributed by atoms with van der Waals surface area (Å²) in [5.74, 6) is 3.71. The molecule has 1 saturated heterocycles. The van der Waals surface area contributed by atoms with E-state index in [4.69, 9.17) is 23.7 Å². The van der Waals surface area contributed by atoms with Gasteiger partial charge in [0.25, 0.3) is 0 Å². The Bertz CT molecular complexity index is 824. The maximum Gasteiger partial charge on any atom is 0.231 e. The molecule has 0 aromatic heterocycles. The molecule has 29 heavy (non-hydrogen) atoms. The number of methoxy groups -OCH3 is 3. The number of benzene rings is 2. The maximum absolute atomic E-state index is 5.50. The van der Waals surface area contributed by atoms with Crippen molar-refractivity contribution in [2.24, 2.45) is 0 Å². The molecule has 0 N–H and O–H groups in total.